The second-order valence-corrected chi connectivity index (χ2v) is 5.43. The number of pyridine rings is 1. The van der Waals surface area contributed by atoms with Crippen LogP contribution in [0.3, 0.4) is 0 Å². The molecule has 0 bridgehead atoms. The largest absolute Gasteiger partial charge is 0.312 e. The summed E-state index contributed by atoms with van der Waals surface area (Å²) in [5, 5.41) is 3.31. The topological polar surface area (TPSA) is 24.9 Å². The normalized spacial score (nSPS) is 12.4. The Morgan fingerprint density at radius 3 is 2.63 bits per heavy atom. The SMILES string of the molecule is CNC(CSc1ccc(F)cc1)c1cnccc1C. The van der Waals surface area contributed by atoms with Crippen molar-refractivity contribution in [2.75, 3.05) is 12.8 Å². The predicted molar refractivity (Wildman–Crippen MR) is 77.9 cm³/mol. The van der Waals surface area contributed by atoms with Gasteiger partial charge in [-0.05, 0) is 55.4 Å². The molecule has 0 spiro atoms. The molecule has 2 aromatic rings. The van der Waals surface area contributed by atoms with Gasteiger partial charge in [0.1, 0.15) is 5.82 Å². The molecule has 19 heavy (non-hydrogen) atoms. The zero-order valence-corrected chi connectivity index (χ0v) is 11.9. The summed E-state index contributed by atoms with van der Waals surface area (Å²) >= 11 is 1.71. The fourth-order valence-electron chi connectivity index (χ4n) is 1.88. The van der Waals surface area contributed by atoms with E-state index in [1.165, 1.54) is 23.3 Å². The summed E-state index contributed by atoms with van der Waals surface area (Å²) in [7, 11) is 1.95. The maximum atomic E-state index is 12.8. The molecule has 1 atom stereocenters. The van der Waals surface area contributed by atoms with Crippen molar-refractivity contribution in [3.63, 3.8) is 0 Å². The van der Waals surface area contributed by atoms with Gasteiger partial charge >= 0.3 is 0 Å². The maximum absolute atomic E-state index is 12.8. The van der Waals surface area contributed by atoms with Gasteiger partial charge in [-0.15, -0.1) is 11.8 Å². The molecule has 1 aromatic heterocycles. The van der Waals surface area contributed by atoms with Gasteiger partial charge in [-0.3, -0.25) is 4.98 Å². The van der Waals surface area contributed by atoms with E-state index in [1.807, 2.05) is 31.4 Å². The van der Waals surface area contributed by atoms with Crippen LogP contribution in [0.2, 0.25) is 0 Å². The Labute approximate surface area is 117 Å². The molecule has 0 aliphatic heterocycles. The van der Waals surface area contributed by atoms with Crippen LogP contribution in [0.15, 0.2) is 47.6 Å². The predicted octanol–water partition coefficient (Wildman–Crippen LogP) is 3.58. The number of nitrogens with zero attached hydrogens (tertiary/aromatic N) is 1. The van der Waals surface area contributed by atoms with Crippen LogP contribution in [-0.2, 0) is 0 Å². The lowest BCUT2D eigenvalue weighted by atomic mass is 10.1. The molecule has 1 heterocycles. The Balaban J connectivity index is 2.04. The van der Waals surface area contributed by atoms with Crippen molar-refractivity contribution in [1.29, 1.82) is 0 Å². The highest BCUT2D eigenvalue weighted by atomic mass is 32.2. The van der Waals surface area contributed by atoms with Crippen molar-refractivity contribution in [2.24, 2.45) is 0 Å². The molecule has 0 aliphatic carbocycles. The number of halogens is 1. The number of thioether (sulfide) groups is 1. The molecule has 0 radical (unpaired) electrons. The van der Waals surface area contributed by atoms with Crippen molar-refractivity contribution in [2.45, 2.75) is 17.9 Å². The lowest BCUT2D eigenvalue weighted by molar-refractivity contribution is 0.626. The molecule has 0 aliphatic rings. The summed E-state index contributed by atoms with van der Waals surface area (Å²) in [6, 6.07) is 8.86. The average molecular weight is 276 g/mol. The summed E-state index contributed by atoms with van der Waals surface area (Å²) in [5.41, 5.74) is 2.44. The monoisotopic (exact) mass is 276 g/mol. The zero-order valence-electron chi connectivity index (χ0n) is 11.1. The summed E-state index contributed by atoms with van der Waals surface area (Å²) in [6.07, 6.45) is 3.71. The molecular weight excluding hydrogens is 259 g/mol. The smallest absolute Gasteiger partial charge is 0.123 e. The molecule has 1 unspecified atom stereocenters. The van der Waals surface area contributed by atoms with Gasteiger partial charge in [0.25, 0.3) is 0 Å². The van der Waals surface area contributed by atoms with E-state index in [0.29, 0.717) is 0 Å². The molecule has 0 fully saturated rings. The van der Waals surface area contributed by atoms with Gasteiger partial charge in [-0.2, -0.15) is 0 Å². The molecule has 0 saturated carbocycles. The Bertz CT molecular complexity index is 528. The van der Waals surface area contributed by atoms with E-state index < -0.39 is 0 Å². The first kappa shape index (κ1) is 14.0. The number of hydrogen-bond donors (Lipinski definition) is 1. The van der Waals surface area contributed by atoms with Crippen molar-refractivity contribution in [3.8, 4) is 0 Å². The van der Waals surface area contributed by atoms with Crippen LogP contribution in [0.25, 0.3) is 0 Å². The zero-order chi connectivity index (χ0) is 13.7. The number of hydrogen-bond acceptors (Lipinski definition) is 3. The highest BCUT2D eigenvalue weighted by Gasteiger charge is 2.12. The number of nitrogens with one attached hydrogen (secondary N) is 1. The molecule has 100 valence electrons. The van der Waals surface area contributed by atoms with Crippen molar-refractivity contribution < 1.29 is 4.39 Å². The van der Waals surface area contributed by atoms with Crippen molar-refractivity contribution in [1.82, 2.24) is 10.3 Å². The van der Waals surface area contributed by atoms with E-state index in [1.54, 1.807) is 18.0 Å². The number of rotatable bonds is 5. The van der Waals surface area contributed by atoms with Crippen LogP contribution in [-0.4, -0.2) is 17.8 Å². The van der Waals surface area contributed by atoms with E-state index in [2.05, 4.69) is 17.2 Å². The van der Waals surface area contributed by atoms with E-state index >= 15 is 0 Å². The van der Waals surface area contributed by atoms with Crippen molar-refractivity contribution in [3.05, 3.63) is 59.7 Å². The second-order valence-electron chi connectivity index (χ2n) is 4.34. The van der Waals surface area contributed by atoms with E-state index in [0.717, 1.165) is 10.6 Å². The fourth-order valence-corrected chi connectivity index (χ4v) is 2.91. The summed E-state index contributed by atoms with van der Waals surface area (Å²) in [6.45, 7) is 2.09. The lowest BCUT2D eigenvalue weighted by Gasteiger charge is -2.17. The third-order valence-corrected chi connectivity index (χ3v) is 4.14. The first-order valence-electron chi connectivity index (χ1n) is 6.17. The number of benzene rings is 1. The second kappa shape index (κ2) is 6.68. The fraction of sp³-hybridized carbons (Fsp3) is 0.267. The molecule has 2 rings (SSSR count). The van der Waals surface area contributed by atoms with E-state index in [-0.39, 0.29) is 11.9 Å². The molecule has 0 amide bonds. The Kier molecular flexibility index (Phi) is 4.93. The maximum Gasteiger partial charge on any atom is 0.123 e. The number of aryl methyl sites for hydroxylation is 1. The van der Waals surface area contributed by atoms with Crippen LogP contribution in [0, 0.1) is 12.7 Å². The Morgan fingerprint density at radius 2 is 2.00 bits per heavy atom. The molecule has 1 aromatic carbocycles. The molecule has 2 nitrogen and oxygen atoms in total. The van der Waals surface area contributed by atoms with Crippen LogP contribution >= 0.6 is 11.8 Å². The van der Waals surface area contributed by atoms with Crippen LogP contribution in [0.4, 0.5) is 4.39 Å². The first-order valence-corrected chi connectivity index (χ1v) is 7.15. The van der Waals surface area contributed by atoms with Gasteiger partial charge in [-0.25, -0.2) is 4.39 Å². The van der Waals surface area contributed by atoms with E-state index in [4.69, 9.17) is 0 Å². The third-order valence-electron chi connectivity index (χ3n) is 3.03. The standard InChI is InChI=1S/C15H17FN2S/c1-11-7-8-18-9-14(11)15(17-2)10-19-13-5-3-12(16)4-6-13/h3-9,15,17H,10H2,1-2H3. The highest BCUT2D eigenvalue weighted by molar-refractivity contribution is 7.99. The minimum Gasteiger partial charge on any atom is -0.312 e. The summed E-state index contributed by atoms with van der Waals surface area (Å²) in [4.78, 5) is 5.25. The van der Waals surface area contributed by atoms with Gasteiger partial charge < -0.3 is 5.32 Å². The Morgan fingerprint density at radius 1 is 1.26 bits per heavy atom. The minimum absolute atomic E-state index is 0.197. The number of aromatic nitrogens is 1. The van der Waals surface area contributed by atoms with E-state index in [9.17, 15) is 4.39 Å². The summed E-state index contributed by atoms with van der Waals surface area (Å²) in [5.74, 6) is 0.687. The highest BCUT2D eigenvalue weighted by Crippen LogP contribution is 2.25. The Hall–Kier alpha value is -1.39. The van der Waals surface area contributed by atoms with Gasteiger partial charge in [0.15, 0.2) is 0 Å². The molecular formula is C15H17FN2S. The average Bonchev–Trinajstić information content (AvgIpc) is 2.43. The first-order chi connectivity index (χ1) is 9.20. The van der Waals surface area contributed by atoms with Gasteiger partial charge in [-0.1, -0.05) is 0 Å². The van der Waals surface area contributed by atoms with Crippen LogP contribution in [0.1, 0.15) is 17.2 Å². The van der Waals surface area contributed by atoms with Gasteiger partial charge in [0, 0.05) is 29.1 Å². The quantitative estimate of drug-likeness (QED) is 0.845. The van der Waals surface area contributed by atoms with Gasteiger partial charge in [0.2, 0.25) is 0 Å². The molecule has 0 saturated heterocycles. The molecule has 1 N–H and O–H groups in total. The third kappa shape index (κ3) is 3.78. The lowest BCUT2D eigenvalue weighted by Crippen LogP contribution is -2.19. The molecule has 4 heteroatoms. The summed E-state index contributed by atoms with van der Waals surface area (Å²) < 4.78 is 12.8. The van der Waals surface area contributed by atoms with Crippen LogP contribution < -0.4 is 5.32 Å². The van der Waals surface area contributed by atoms with Gasteiger partial charge in [0.05, 0.1) is 0 Å². The minimum atomic E-state index is -0.197. The van der Waals surface area contributed by atoms with Crippen LogP contribution in [0.5, 0.6) is 0 Å². The van der Waals surface area contributed by atoms with Crippen molar-refractivity contribution >= 4 is 11.8 Å².